The molecule has 0 bridgehead atoms. The molecule has 3 N–H and O–H groups in total. The predicted molar refractivity (Wildman–Crippen MR) is 137 cm³/mol. The molecule has 1 aliphatic rings. The molecule has 1 saturated heterocycles. The molecule has 3 heterocycles. The summed E-state index contributed by atoms with van der Waals surface area (Å²) >= 11 is 1.84. The van der Waals surface area contributed by atoms with Gasteiger partial charge in [0.1, 0.15) is 17.1 Å². The fraction of sp³-hybridized carbons (Fsp3) is 0.591. The van der Waals surface area contributed by atoms with Crippen molar-refractivity contribution in [2.24, 2.45) is 4.99 Å². The van der Waals surface area contributed by atoms with Crippen LogP contribution < -0.4 is 10.6 Å². The van der Waals surface area contributed by atoms with Crippen LogP contribution in [0.1, 0.15) is 41.2 Å². The highest BCUT2D eigenvalue weighted by atomic mass is 127. The molecule has 7 nitrogen and oxygen atoms in total. The minimum atomic E-state index is -1.16. The van der Waals surface area contributed by atoms with Crippen molar-refractivity contribution in [2.45, 2.75) is 39.3 Å². The zero-order valence-corrected chi connectivity index (χ0v) is 22.0. The van der Waals surface area contributed by atoms with Crippen LogP contribution in [0.15, 0.2) is 33.7 Å². The highest BCUT2D eigenvalue weighted by molar-refractivity contribution is 14.0. The Bertz CT molecular complexity index is 830. The molecule has 1 fully saturated rings. The van der Waals surface area contributed by atoms with Gasteiger partial charge in [0.05, 0.1) is 25.8 Å². The molecule has 2 unspecified atom stereocenters. The average Bonchev–Trinajstić information content (AvgIpc) is 3.36. The van der Waals surface area contributed by atoms with Gasteiger partial charge in [0.25, 0.3) is 0 Å². The van der Waals surface area contributed by atoms with Crippen molar-refractivity contribution in [3.8, 4) is 0 Å². The summed E-state index contributed by atoms with van der Waals surface area (Å²) in [7, 11) is 0. The summed E-state index contributed by atoms with van der Waals surface area (Å²) in [6.07, 6.45) is 0. The number of furan rings is 1. The van der Waals surface area contributed by atoms with Crippen LogP contribution in [-0.4, -0.2) is 61.9 Å². The van der Waals surface area contributed by atoms with Crippen molar-refractivity contribution in [3.05, 3.63) is 45.5 Å². The Balaban J connectivity index is 0.00000341. The minimum Gasteiger partial charge on any atom is -0.463 e. The second kappa shape index (κ2) is 12.2. The van der Waals surface area contributed by atoms with E-state index in [1.165, 1.54) is 9.75 Å². The first-order chi connectivity index (χ1) is 14.4. The van der Waals surface area contributed by atoms with Gasteiger partial charge in [-0.2, -0.15) is 0 Å². The zero-order valence-electron chi connectivity index (χ0n) is 18.8. The lowest BCUT2D eigenvalue weighted by Crippen LogP contribution is -2.46. The second-order valence-corrected chi connectivity index (χ2v) is 9.19. The number of morpholine rings is 1. The molecule has 31 heavy (non-hydrogen) atoms. The molecule has 0 spiro atoms. The molecular weight excluding hydrogens is 527 g/mol. The lowest BCUT2D eigenvalue weighted by atomic mass is 10.0. The molecule has 0 aliphatic carbocycles. The van der Waals surface area contributed by atoms with Crippen molar-refractivity contribution in [1.82, 2.24) is 15.5 Å². The molecule has 9 heteroatoms. The first-order valence-corrected chi connectivity index (χ1v) is 11.4. The summed E-state index contributed by atoms with van der Waals surface area (Å²) in [6.45, 7) is 12.8. The number of aliphatic imine (C=N–C) groups is 1. The number of halogens is 1. The van der Waals surface area contributed by atoms with Gasteiger partial charge in [-0.15, -0.1) is 35.3 Å². The number of guanidine groups is 1. The van der Waals surface area contributed by atoms with E-state index in [2.05, 4.69) is 39.6 Å². The molecule has 2 atom stereocenters. The largest absolute Gasteiger partial charge is 0.463 e. The number of nitrogens with one attached hydrogen (secondary N) is 2. The standard InChI is InChI=1S/C22H34N4O3S.HI/c1-5-23-21(25-15-22(4,27)20-9-6-16(2)29-20)24-14-18(19-8-7-17(3)30-19)26-10-12-28-13-11-26;/h6-9,18,27H,5,10-15H2,1-4H3,(H2,23,24,25);1H. The third-order valence-corrected chi connectivity index (χ3v) is 6.30. The van der Waals surface area contributed by atoms with E-state index in [-0.39, 0.29) is 36.6 Å². The Kier molecular flexibility index (Phi) is 10.3. The van der Waals surface area contributed by atoms with Gasteiger partial charge >= 0.3 is 0 Å². The predicted octanol–water partition coefficient (Wildman–Crippen LogP) is 3.41. The van der Waals surface area contributed by atoms with E-state index in [0.29, 0.717) is 11.7 Å². The van der Waals surface area contributed by atoms with Gasteiger partial charge in [0.15, 0.2) is 5.96 Å². The summed E-state index contributed by atoms with van der Waals surface area (Å²) in [5.74, 6) is 1.99. The topological polar surface area (TPSA) is 82.3 Å². The normalized spacial score (nSPS) is 18.2. The van der Waals surface area contributed by atoms with Gasteiger partial charge in [-0.1, -0.05) is 0 Å². The summed E-state index contributed by atoms with van der Waals surface area (Å²) in [4.78, 5) is 9.75. The SMILES string of the molecule is CCNC(=NCC(C)(O)c1ccc(C)o1)NCC(c1ccc(C)s1)N1CCOCC1.I. The quantitative estimate of drug-likeness (QED) is 0.260. The molecule has 174 valence electrons. The van der Waals surface area contributed by atoms with E-state index >= 15 is 0 Å². The average molecular weight is 563 g/mol. The van der Waals surface area contributed by atoms with Crippen LogP contribution in [-0.2, 0) is 10.3 Å². The van der Waals surface area contributed by atoms with Crippen LogP contribution in [0.5, 0.6) is 0 Å². The number of rotatable bonds is 8. The number of aliphatic hydroxyl groups is 1. The highest BCUT2D eigenvalue weighted by Crippen LogP contribution is 2.28. The molecule has 1 aliphatic heterocycles. The second-order valence-electron chi connectivity index (χ2n) is 7.87. The van der Waals surface area contributed by atoms with Crippen molar-refractivity contribution in [1.29, 1.82) is 0 Å². The van der Waals surface area contributed by atoms with Crippen molar-refractivity contribution < 1.29 is 14.3 Å². The lowest BCUT2D eigenvalue weighted by molar-refractivity contribution is 0.0176. The summed E-state index contributed by atoms with van der Waals surface area (Å²) in [6, 6.07) is 8.31. The number of aryl methyl sites for hydroxylation is 2. The molecule has 0 aromatic carbocycles. The molecule has 0 saturated carbocycles. The Hall–Kier alpha value is -1.14. The van der Waals surface area contributed by atoms with Crippen LogP contribution in [0.4, 0.5) is 0 Å². The molecule has 0 amide bonds. The van der Waals surface area contributed by atoms with E-state index in [0.717, 1.165) is 45.2 Å². The van der Waals surface area contributed by atoms with Gasteiger partial charge in [0, 0.05) is 35.9 Å². The Labute approximate surface area is 206 Å². The molecule has 2 aromatic rings. The van der Waals surface area contributed by atoms with E-state index in [1.807, 2.05) is 31.3 Å². The monoisotopic (exact) mass is 562 g/mol. The summed E-state index contributed by atoms with van der Waals surface area (Å²) in [5.41, 5.74) is -1.16. The van der Waals surface area contributed by atoms with Gasteiger partial charge in [-0.05, 0) is 52.0 Å². The summed E-state index contributed by atoms with van der Waals surface area (Å²) in [5, 5.41) is 17.6. The third kappa shape index (κ3) is 7.45. The van der Waals surface area contributed by atoms with E-state index in [9.17, 15) is 5.11 Å². The van der Waals surface area contributed by atoms with Gasteiger partial charge in [-0.25, -0.2) is 4.99 Å². The Morgan fingerprint density at radius 2 is 1.97 bits per heavy atom. The van der Waals surface area contributed by atoms with Crippen molar-refractivity contribution in [3.63, 3.8) is 0 Å². The molecule has 3 rings (SSSR count). The Morgan fingerprint density at radius 3 is 2.55 bits per heavy atom. The van der Waals surface area contributed by atoms with Crippen LogP contribution in [0.2, 0.25) is 0 Å². The molecule has 2 aromatic heterocycles. The number of thiophene rings is 1. The first-order valence-electron chi connectivity index (χ1n) is 10.6. The maximum atomic E-state index is 10.8. The maximum absolute atomic E-state index is 10.8. The number of hydrogen-bond donors (Lipinski definition) is 3. The van der Waals surface area contributed by atoms with E-state index < -0.39 is 5.60 Å². The number of nitrogens with zero attached hydrogens (tertiary/aromatic N) is 2. The highest BCUT2D eigenvalue weighted by Gasteiger charge is 2.27. The van der Waals surface area contributed by atoms with Crippen molar-refractivity contribution >= 4 is 41.3 Å². The number of hydrogen-bond acceptors (Lipinski definition) is 6. The third-order valence-electron chi connectivity index (χ3n) is 5.20. The van der Waals surface area contributed by atoms with Crippen LogP contribution >= 0.6 is 35.3 Å². The van der Waals surface area contributed by atoms with E-state index in [1.54, 1.807) is 13.0 Å². The van der Waals surface area contributed by atoms with Crippen LogP contribution in [0.3, 0.4) is 0 Å². The molecule has 0 radical (unpaired) electrons. The molecular formula is C22H35IN4O3S. The van der Waals surface area contributed by atoms with Gasteiger partial charge < -0.3 is 24.9 Å². The van der Waals surface area contributed by atoms with Crippen LogP contribution in [0.25, 0.3) is 0 Å². The smallest absolute Gasteiger partial charge is 0.191 e. The van der Waals surface area contributed by atoms with E-state index in [4.69, 9.17) is 9.15 Å². The first kappa shape index (κ1) is 26.1. The fourth-order valence-electron chi connectivity index (χ4n) is 3.50. The summed E-state index contributed by atoms with van der Waals surface area (Å²) < 4.78 is 11.1. The zero-order chi connectivity index (χ0) is 21.6. The fourth-order valence-corrected chi connectivity index (χ4v) is 4.51. The van der Waals surface area contributed by atoms with Crippen LogP contribution in [0, 0.1) is 13.8 Å². The lowest BCUT2D eigenvalue weighted by Gasteiger charge is -2.34. The van der Waals surface area contributed by atoms with Gasteiger partial charge in [-0.3, -0.25) is 4.90 Å². The minimum absolute atomic E-state index is 0. The number of ether oxygens (including phenoxy) is 1. The van der Waals surface area contributed by atoms with Crippen molar-refractivity contribution in [2.75, 3.05) is 45.9 Å². The van der Waals surface area contributed by atoms with Gasteiger partial charge in [0.2, 0.25) is 0 Å². The Morgan fingerprint density at radius 1 is 1.23 bits per heavy atom. The maximum Gasteiger partial charge on any atom is 0.191 e.